The summed E-state index contributed by atoms with van der Waals surface area (Å²) in [6.07, 6.45) is 3.26. The fourth-order valence-electron chi connectivity index (χ4n) is 1.69. The molecule has 1 rings (SSSR count). The molecule has 1 aromatic heterocycles. The lowest BCUT2D eigenvalue weighted by Crippen LogP contribution is -2.36. The number of rotatable bonds is 5. The number of hydrogen-bond acceptors (Lipinski definition) is 5. The highest BCUT2D eigenvalue weighted by molar-refractivity contribution is 7.89. The highest BCUT2D eigenvalue weighted by Gasteiger charge is 2.26. The van der Waals surface area contributed by atoms with E-state index in [1.165, 1.54) is 16.7 Å². The summed E-state index contributed by atoms with van der Waals surface area (Å²) in [4.78, 5) is 7.48. The number of nitrogen functional groups attached to an aromatic ring is 1. The molecule has 0 aliphatic heterocycles. The van der Waals surface area contributed by atoms with Gasteiger partial charge in [-0.2, -0.15) is 4.31 Å². The molecule has 0 aliphatic carbocycles. The zero-order valence-corrected chi connectivity index (χ0v) is 12.0. The lowest BCUT2D eigenvalue weighted by Gasteiger charge is -2.25. The van der Waals surface area contributed by atoms with Gasteiger partial charge >= 0.3 is 0 Å². The zero-order valence-electron chi connectivity index (χ0n) is 11.2. The van der Waals surface area contributed by atoms with Crippen LogP contribution in [0.15, 0.2) is 17.3 Å². The molecule has 0 aromatic carbocycles. The second-order valence-electron chi connectivity index (χ2n) is 4.78. The maximum absolute atomic E-state index is 12.3. The van der Waals surface area contributed by atoms with E-state index in [0.29, 0.717) is 5.92 Å². The van der Waals surface area contributed by atoms with E-state index in [4.69, 9.17) is 5.73 Å². The van der Waals surface area contributed by atoms with Crippen molar-refractivity contribution >= 4 is 16.0 Å². The van der Waals surface area contributed by atoms with Crippen LogP contribution >= 0.6 is 0 Å². The second kappa shape index (κ2) is 5.62. The Morgan fingerprint density at radius 1 is 1.28 bits per heavy atom. The van der Waals surface area contributed by atoms with Crippen molar-refractivity contribution < 1.29 is 8.42 Å². The number of nitrogens with two attached hydrogens (primary N) is 1. The third-order valence-electron chi connectivity index (χ3n) is 2.76. The molecular formula is C11H20N4O2S. The van der Waals surface area contributed by atoms with E-state index < -0.39 is 10.0 Å². The van der Waals surface area contributed by atoms with Crippen molar-refractivity contribution in [2.75, 3.05) is 12.8 Å². The summed E-state index contributed by atoms with van der Waals surface area (Å²) in [5.41, 5.74) is 5.34. The molecule has 0 fully saturated rings. The SMILES string of the molecule is CC(C)CC(C)N(C)S(=O)(=O)c1cnc(N)nc1. The fourth-order valence-corrected chi connectivity index (χ4v) is 2.96. The number of hydrogen-bond donors (Lipinski definition) is 1. The molecule has 0 bridgehead atoms. The lowest BCUT2D eigenvalue weighted by atomic mass is 10.1. The molecule has 0 amide bonds. The van der Waals surface area contributed by atoms with Crippen molar-refractivity contribution in [3.8, 4) is 0 Å². The Bertz CT molecular complexity index is 484. The summed E-state index contributed by atoms with van der Waals surface area (Å²) in [6.45, 7) is 6.00. The van der Waals surface area contributed by atoms with Crippen LogP contribution in [0.4, 0.5) is 5.95 Å². The van der Waals surface area contributed by atoms with Crippen LogP contribution < -0.4 is 5.73 Å². The van der Waals surface area contributed by atoms with E-state index >= 15 is 0 Å². The van der Waals surface area contributed by atoms with Gasteiger partial charge in [-0.1, -0.05) is 13.8 Å². The van der Waals surface area contributed by atoms with Gasteiger partial charge in [0.2, 0.25) is 16.0 Å². The van der Waals surface area contributed by atoms with Crippen molar-refractivity contribution in [2.24, 2.45) is 5.92 Å². The molecule has 0 saturated heterocycles. The fraction of sp³-hybridized carbons (Fsp3) is 0.636. The smallest absolute Gasteiger partial charge is 0.246 e. The first kappa shape index (κ1) is 14.8. The van der Waals surface area contributed by atoms with Crippen molar-refractivity contribution in [2.45, 2.75) is 38.1 Å². The number of nitrogens with zero attached hydrogens (tertiary/aromatic N) is 3. The van der Waals surface area contributed by atoms with Crippen molar-refractivity contribution in [1.82, 2.24) is 14.3 Å². The van der Waals surface area contributed by atoms with Crippen LogP contribution in [-0.2, 0) is 10.0 Å². The first-order valence-corrected chi connectivity index (χ1v) is 7.24. The largest absolute Gasteiger partial charge is 0.368 e. The minimum absolute atomic E-state index is 0.0619. The van der Waals surface area contributed by atoms with E-state index in [-0.39, 0.29) is 16.9 Å². The summed E-state index contributed by atoms with van der Waals surface area (Å²) in [6, 6.07) is -0.0763. The molecule has 0 spiro atoms. The van der Waals surface area contributed by atoms with Gasteiger partial charge in [0.1, 0.15) is 4.90 Å². The maximum atomic E-state index is 12.3. The van der Waals surface area contributed by atoms with Crippen LogP contribution in [0, 0.1) is 5.92 Å². The predicted octanol–water partition coefficient (Wildman–Crippen LogP) is 1.11. The number of sulfonamides is 1. The molecule has 6 nitrogen and oxygen atoms in total. The molecule has 7 heteroatoms. The summed E-state index contributed by atoms with van der Waals surface area (Å²) in [5, 5.41) is 0. The van der Waals surface area contributed by atoms with E-state index in [9.17, 15) is 8.42 Å². The van der Waals surface area contributed by atoms with Crippen LogP contribution in [-0.4, -0.2) is 35.8 Å². The van der Waals surface area contributed by atoms with Gasteiger partial charge in [-0.05, 0) is 19.3 Å². The van der Waals surface area contributed by atoms with E-state index in [1.54, 1.807) is 7.05 Å². The Morgan fingerprint density at radius 2 is 1.78 bits per heavy atom. The van der Waals surface area contributed by atoms with Crippen molar-refractivity contribution in [3.63, 3.8) is 0 Å². The number of anilines is 1. The summed E-state index contributed by atoms with van der Waals surface area (Å²) in [7, 11) is -1.98. The third kappa shape index (κ3) is 3.39. The van der Waals surface area contributed by atoms with Crippen LogP contribution in [0.3, 0.4) is 0 Å². The van der Waals surface area contributed by atoms with Gasteiger partial charge in [0.15, 0.2) is 0 Å². The lowest BCUT2D eigenvalue weighted by molar-refractivity contribution is 0.337. The van der Waals surface area contributed by atoms with Gasteiger partial charge < -0.3 is 5.73 Å². The standard InChI is InChI=1S/C11H20N4O2S/c1-8(2)5-9(3)15(4)18(16,17)10-6-13-11(12)14-7-10/h6-9H,5H2,1-4H3,(H2,12,13,14). The molecule has 1 atom stereocenters. The zero-order chi connectivity index (χ0) is 13.9. The van der Waals surface area contributed by atoms with Crippen LogP contribution in [0.5, 0.6) is 0 Å². The molecule has 18 heavy (non-hydrogen) atoms. The molecule has 2 N–H and O–H groups in total. The molecule has 0 saturated carbocycles. The highest BCUT2D eigenvalue weighted by Crippen LogP contribution is 2.18. The summed E-state index contributed by atoms with van der Waals surface area (Å²) in [5.74, 6) is 0.493. The minimum atomic E-state index is -3.55. The van der Waals surface area contributed by atoms with E-state index in [2.05, 4.69) is 23.8 Å². The quantitative estimate of drug-likeness (QED) is 0.867. The third-order valence-corrected chi connectivity index (χ3v) is 4.68. The van der Waals surface area contributed by atoms with Gasteiger partial charge in [-0.3, -0.25) is 0 Å². The van der Waals surface area contributed by atoms with Crippen molar-refractivity contribution in [3.05, 3.63) is 12.4 Å². The van der Waals surface area contributed by atoms with Gasteiger partial charge in [-0.15, -0.1) is 0 Å². The molecular weight excluding hydrogens is 252 g/mol. The molecule has 1 aromatic rings. The molecule has 102 valence electrons. The summed E-state index contributed by atoms with van der Waals surface area (Å²) >= 11 is 0. The molecule has 1 unspecified atom stereocenters. The monoisotopic (exact) mass is 272 g/mol. The Labute approximate surface area is 108 Å². The maximum Gasteiger partial charge on any atom is 0.246 e. The first-order valence-electron chi connectivity index (χ1n) is 5.80. The Hall–Kier alpha value is -1.21. The van der Waals surface area contributed by atoms with Gasteiger partial charge in [-0.25, -0.2) is 18.4 Å². The van der Waals surface area contributed by atoms with Crippen LogP contribution in [0.1, 0.15) is 27.2 Å². The Morgan fingerprint density at radius 3 is 2.22 bits per heavy atom. The Balaban J connectivity index is 2.96. The van der Waals surface area contributed by atoms with Crippen LogP contribution in [0.2, 0.25) is 0 Å². The van der Waals surface area contributed by atoms with E-state index in [1.807, 2.05) is 6.92 Å². The average molecular weight is 272 g/mol. The molecule has 0 aliphatic rings. The highest BCUT2D eigenvalue weighted by atomic mass is 32.2. The van der Waals surface area contributed by atoms with Crippen LogP contribution in [0.25, 0.3) is 0 Å². The Kier molecular flexibility index (Phi) is 4.64. The molecule has 1 heterocycles. The minimum Gasteiger partial charge on any atom is -0.368 e. The van der Waals surface area contributed by atoms with E-state index in [0.717, 1.165) is 6.42 Å². The molecule has 0 radical (unpaired) electrons. The topological polar surface area (TPSA) is 89.2 Å². The van der Waals surface area contributed by atoms with Gasteiger partial charge in [0, 0.05) is 13.1 Å². The number of aromatic nitrogens is 2. The second-order valence-corrected chi connectivity index (χ2v) is 6.77. The first-order chi connectivity index (χ1) is 8.25. The summed E-state index contributed by atoms with van der Waals surface area (Å²) < 4.78 is 25.9. The predicted molar refractivity (Wildman–Crippen MR) is 70.3 cm³/mol. The average Bonchev–Trinajstić information content (AvgIpc) is 2.27. The van der Waals surface area contributed by atoms with Gasteiger partial charge in [0.05, 0.1) is 12.4 Å². The normalized spacial score (nSPS) is 14.1. The van der Waals surface area contributed by atoms with Gasteiger partial charge in [0.25, 0.3) is 0 Å². The van der Waals surface area contributed by atoms with Crippen molar-refractivity contribution in [1.29, 1.82) is 0 Å².